The fraction of sp³-hybridized carbons (Fsp3) is 0.562. The maximum absolute atomic E-state index is 12.3. The van der Waals surface area contributed by atoms with Gasteiger partial charge in [0.25, 0.3) is 0 Å². The first-order chi connectivity index (χ1) is 10.1. The fourth-order valence-corrected chi connectivity index (χ4v) is 2.75. The average Bonchev–Trinajstić information content (AvgIpc) is 2.52. The molecular formula is C16H24ClN3O. The van der Waals surface area contributed by atoms with Crippen molar-refractivity contribution >= 4 is 23.3 Å². The Morgan fingerprint density at radius 3 is 2.62 bits per heavy atom. The van der Waals surface area contributed by atoms with Crippen molar-refractivity contribution in [1.82, 2.24) is 9.80 Å². The first-order valence-electron chi connectivity index (χ1n) is 7.62. The molecule has 0 spiro atoms. The van der Waals surface area contributed by atoms with Gasteiger partial charge in [0.1, 0.15) is 0 Å². The molecule has 0 N–H and O–H groups in total. The van der Waals surface area contributed by atoms with Crippen molar-refractivity contribution in [2.75, 3.05) is 44.7 Å². The summed E-state index contributed by atoms with van der Waals surface area (Å²) in [6.07, 6.45) is 2.17. The quantitative estimate of drug-likeness (QED) is 0.853. The number of amides is 2. The van der Waals surface area contributed by atoms with Gasteiger partial charge in [-0.2, -0.15) is 0 Å². The van der Waals surface area contributed by atoms with Crippen LogP contribution in [0.2, 0.25) is 5.02 Å². The third-order valence-electron chi connectivity index (χ3n) is 3.90. The molecule has 2 amide bonds. The fourth-order valence-electron chi connectivity index (χ4n) is 2.56. The van der Waals surface area contributed by atoms with Crippen LogP contribution in [0.5, 0.6) is 0 Å². The minimum absolute atomic E-state index is 0.147. The topological polar surface area (TPSA) is 26.8 Å². The Hall–Kier alpha value is -1.42. The van der Waals surface area contributed by atoms with E-state index in [1.54, 1.807) is 0 Å². The second-order valence-electron chi connectivity index (χ2n) is 5.51. The van der Waals surface area contributed by atoms with E-state index in [9.17, 15) is 4.79 Å². The van der Waals surface area contributed by atoms with Gasteiger partial charge in [-0.25, -0.2) is 4.79 Å². The normalized spacial score (nSPS) is 15.2. The lowest BCUT2D eigenvalue weighted by Crippen LogP contribution is -2.52. The molecule has 0 atom stereocenters. The largest absolute Gasteiger partial charge is 0.368 e. The molecule has 1 fully saturated rings. The van der Waals surface area contributed by atoms with Gasteiger partial charge in [-0.05, 0) is 24.6 Å². The van der Waals surface area contributed by atoms with Crippen LogP contribution in [0.4, 0.5) is 10.5 Å². The molecule has 0 unspecified atom stereocenters. The van der Waals surface area contributed by atoms with Crippen LogP contribution in [0.25, 0.3) is 0 Å². The molecule has 0 saturated carbocycles. The van der Waals surface area contributed by atoms with Gasteiger partial charge in [-0.3, -0.25) is 0 Å². The highest BCUT2D eigenvalue weighted by Crippen LogP contribution is 2.21. The number of hydrogen-bond acceptors (Lipinski definition) is 2. The molecule has 0 aliphatic carbocycles. The average molecular weight is 310 g/mol. The summed E-state index contributed by atoms with van der Waals surface area (Å²) in [6, 6.07) is 8.04. The van der Waals surface area contributed by atoms with Crippen molar-refractivity contribution in [2.45, 2.75) is 19.8 Å². The van der Waals surface area contributed by atoms with Crippen molar-refractivity contribution in [2.24, 2.45) is 0 Å². The van der Waals surface area contributed by atoms with Crippen LogP contribution >= 0.6 is 11.6 Å². The molecule has 1 heterocycles. The van der Waals surface area contributed by atoms with Crippen LogP contribution in [-0.4, -0.2) is 55.6 Å². The van der Waals surface area contributed by atoms with E-state index < -0.39 is 0 Å². The molecule has 0 bridgehead atoms. The monoisotopic (exact) mass is 309 g/mol. The van der Waals surface area contributed by atoms with E-state index in [1.165, 1.54) is 0 Å². The van der Waals surface area contributed by atoms with E-state index >= 15 is 0 Å². The van der Waals surface area contributed by atoms with Crippen molar-refractivity contribution < 1.29 is 4.79 Å². The summed E-state index contributed by atoms with van der Waals surface area (Å²) in [5.74, 6) is 0. The first-order valence-corrected chi connectivity index (χ1v) is 8.00. The molecular weight excluding hydrogens is 286 g/mol. The maximum atomic E-state index is 12.3. The van der Waals surface area contributed by atoms with E-state index in [2.05, 4.69) is 17.9 Å². The van der Waals surface area contributed by atoms with Gasteiger partial charge in [-0.1, -0.05) is 31.0 Å². The van der Waals surface area contributed by atoms with Gasteiger partial charge < -0.3 is 14.7 Å². The molecule has 21 heavy (non-hydrogen) atoms. The number of hydrogen-bond donors (Lipinski definition) is 0. The zero-order valence-corrected chi connectivity index (χ0v) is 13.6. The summed E-state index contributed by atoms with van der Waals surface area (Å²) in [7, 11) is 1.89. The summed E-state index contributed by atoms with van der Waals surface area (Å²) >= 11 is 6.04. The molecule has 1 aliphatic heterocycles. The SMILES string of the molecule is CCCCN(C)C(=O)N1CCN(c2cccc(Cl)c2)CC1. The van der Waals surface area contributed by atoms with Crippen LogP contribution < -0.4 is 4.90 Å². The van der Waals surface area contributed by atoms with E-state index in [0.717, 1.165) is 56.3 Å². The molecule has 1 aromatic rings. The molecule has 116 valence electrons. The summed E-state index contributed by atoms with van der Waals surface area (Å²) in [4.78, 5) is 18.4. The molecule has 2 rings (SSSR count). The molecule has 0 radical (unpaired) electrons. The predicted molar refractivity (Wildman–Crippen MR) is 88.2 cm³/mol. The number of carbonyl (C=O) groups excluding carboxylic acids is 1. The van der Waals surface area contributed by atoms with Crippen molar-refractivity contribution in [1.29, 1.82) is 0 Å². The van der Waals surface area contributed by atoms with Crippen LogP contribution in [0.3, 0.4) is 0 Å². The standard InChI is InChI=1S/C16H24ClN3O/c1-3-4-8-18(2)16(21)20-11-9-19(10-12-20)15-7-5-6-14(17)13-15/h5-7,13H,3-4,8-12H2,1-2H3. The maximum Gasteiger partial charge on any atom is 0.319 e. The van der Waals surface area contributed by atoms with Crippen LogP contribution in [0.15, 0.2) is 24.3 Å². The minimum Gasteiger partial charge on any atom is -0.368 e. The Bertz CT molecular complexity index is 472. The Kier molecular flexibility index (Phi) is 5.74. The number of benzene rings is 1. The lowest BCUT2D eigenvalue weighted by Gasteiger charge is -2.37. The van der Waals surface area contributed by atoms with Crippen molar-refractivity contribution in [3.8, 4) is 0 Å². The smallest absolute Gasteiger partial charge is 0.319 e. The number of piperazine rings is 1. The number of rotatable bonds is 4. The molecule has 1 aromatic carbocycles. The number of anilines is 1. The highest BCUT2D eigenvalue weighted by Gasteiger charge is 2.23. The lowest BCUT2D eigenvalue weighted by atomic mass is 10.2. The Morgan fingerprint density at radius 2 is 2.00 bits per heavy atom. The van der Waals surface area contributed by atoms with E-state index in [1.807, 2.05) is 35.0 Å². The zero-order chi connectivity index (χ0) is 15.2. The van der Waals surface area contributed by atoms with Crippen molar-refractivity contribution in [3.05, 3.63) is 29.3 Å². The van der Waals surface area contributed by atoms with E-state index in [-0.39, 0.29) is 6.03 Å². The molecule has 4 nitrogen and oxygen atoms in total. The number of unbranched alkanes of at least 4 members (excludes halogenated alkanes) is 1. The molecule has 0 aromatic heterocycles. The van der Waals surface area contributed by atoms with Gasteiger partial charge in [-0.15, -0.1) is 0 Å². The van der Waals surface area contributed by atoms with E-state index in [0.29, 0.717) is 0 Å². The highest BCUT2D eigenvalue weighted by molar-refractivity contribution is 6.30. The Morgan fingerprint density at radius 1 is 1.29 bits per heavy atom. The summed E-state index contributed by atoms with van der Waals surface area (Å²) < 4.78 is 0. The highest BCUT2D eigenvalue weighted by atomic mass is 35.5. The minimum atomic E-state index is 0.147. The molecule has 5 heteroatoms. The number of urea groups is 1. The summed E-state index contributed by atoms with van der Waals surface area (Å²) in [5.41, 5.74) is 1.13. The second-order valence-corrected chi connectivity index (χ2v) is 5.95. The van der Waals surface area contributed by atoms with Gasteiger partial charge in [0.05, 0.1) is 0 Å². The lowest BCUT2D eigenvalue weighted by molar-refractivity contribution is 0.159. The van der Waals surface area contributed by atoms with Crippen LogP contribution in [0, 0.1) is 0 Å². The predicted octanol–water partition coefficient (Wildman–Crippen LogP) is 3.31. The third-order valence-corrected chi connectivity index (χ3v) is 4.13. The number of nitrogens with zero attached hydrogens (tertiary/aromatic N) is 3. The van der Waals surface area contributed by atoms with Gasteiger partial charge in [0, 0.05) is 50.5 Å². The molecule has 1 aliphatic rings. The molecule has 1 saturated heterocycles. The van der Waals surface area contributed by atoms with Gasteiger partial charge >= 0.3 is 6.03 Å². The first kappa shape index (κ1) is 16.0. The second kappa shape index (κ2) is 7.55. The summed E-state index contributed by atoms with van der Waals surface area (Å²) in [5, 5.41) is 0.755. The van der Waals surface area contributed by atoms with Crippen LogP contribution in [-0.2, 0) is 0 Å². The van der Waals surface area contributed by atoms with E-state index in [4.69, 9.17) is 11.6 Å². The summed E-state index contributed by atoms with van der Waals surface area (Å²) in [6.45, 7) is 6.22. The van der Waals surface area contributed by atoms with Crippen LogP contribution in [0.1, 0.15) is 19.8 Å². The Balaban J connectivity index is 1.87. The zero-order valence-electron chi connectivity index (χ0n) is 12.9. The van der Waals surface area contributed by atoms with Gasteiger partial charge in [0.2, 0.25) is 0 Å². The van der Waals surface area contributed by atoms with Gasteiger partial charge in [0.15, 0.2) is 0 Å². The number of carbonyl (C=O) groups is 1. The Labute approximate surface area is 132 Å². The third kappa shape index (κ3) is 4.27. The van der Waals surface area contributed by atoms with Crippen molar-refractivity contribution in [3.63, 3.8) is 0 Å². The number of halogens is 1.